The van der Waals surface area contributed by atoms with Crippen LogP contribution < -0.4 is 4.74 Å². The molecule has 0 radical (unpaired) electrons. The van der Waals surface area contributed by atoms with Crippen molar-refractivity contribution in [2.24, 2.45) is 0 Å². The number of nitrogens with zero attached hydrogens (tertiary/aromatic N) is 3. The largest absolute Gasteiger partial charge is 0.437 e. The standard InChI is InChI=1S/C12H10ClN3O3/c1-2-10-12(15-11(13)7-14-10)19-9-5-3-4-8(6-9)16(17)18/h3-7H,2H2,1H3. The van der Waals surface area contributed by atoms with Gasteiger partial charge in [-0.2, -0.15) is 4.98 Å². The Kier molecular flexibility index (Phi) is 3.91. The monoisotopic (exact) mass is 279 g/mol. The normalized spacial score (nSPS) is 10.2. The minimum Gasteiger partial charge on any atom is -0.437 e. The average Bonchev–Trinajstić information content (AvgIpc) is 2.39. The molecule has 0 aliphatic rings. The van der Waals surface area contributed by atoms with E-state index in [1.807, 2.05) is 6.92 Å². The Labute approximate surface area is 114 Å². The Hall–Kier alpha value is -2.21. The van der Waals surface area contributed by atoms with Gasteiger partial charge in [0.05, 0.1) is 17.2 Å². The Bertz CT molecular complexity index is 619. The topological polar surface area (TPSA) is 78.2 Å². The second-order valence-electron chi connectivity index (χ2n) is 3.65. The van der Waals surface area contributed by atoms with Crippen LogP contribution in [-0.4, -0.2) is 14.9 Å². The Balaban J connectivity index is 2.33. The van der Waals surface area contributed by atoms with E-state index in [2.05, 4.69) is 9.97 Å². The number of benzene rings is 1. The summed E-state index contributed by atoms with van der Waals surface area (Å²) in [5, 5.41) is 10.9. The van der Waals surface area contributed by atoms with Crippen molar-refractivity contribution >= 4 is 17.3 Å². The van der Waals surface area contributed by atoms with Crippen LogP contribution in [0.2, 0.25) is 5.15 Å². The first-order valence-corrected chi connectivity index (χ1v) is 5.91. The van der Waals surface area contributed by atoms with E-state index in [0.29, 0.717) is 17.9 Å². The third-order valence-corrected chi connectivity index (χ3v) is 2.54. The summed E-state index contributed by atoms with van der Waals surface area (Å²) < 4.78 is 5.51. The number of ether oxygens (including phenoxy) is 1. The lowest BCUT2D eigenvalue weighted by Crippen LogP contribution is -1.97. The van der Waals surface area contributed by atoms with Crippen molar-refractivity contribution < 1.29 is 9.66 Å². The molecule has 0 atom stereocenters. The molecule has 0 unspecified atom stereocenters. The molecule has 19 heavy (non-hydrogen) atoms. The molecule has 0 fully saturated rings. The molecule has 0 amide bonds. The number of aryl methyl sites for hydroxylation is 1. The molecule has 0 N–H and O–H groups in total. The predicted molar refractivity (Wildman–Crippen MR) is 69.6 cm³/mol. The minimum atomic E-state index is -0.489. The van der Waals surface area contributed by atoms with Crippen LogP contribution in [0.3, 0.4) is 0 Å². The lowest BCUT2D eigenvalue weighted by atomic mass is 10.3. The summed E-state index contributed by atoms with van der Waals surface area (Å²) in [6, 6.07) is 5.85. The predicted octanol–water partition coefficient (Wildman–Crippen LogP) is 3.39. The average molecular weight is 280 g/mol. The van der Waals surface area contributed by atoms with E-state index in [9.17, 15) is 10.1 Å². The second kappa shape index (κ2) is 5.62. The number of hydrogen-bond acceptors (Lipinski definition) is 5. The summed E-state index contributed by atoms with van der Waals surface area (Å²) in [4.78, 5) is 18.3. The van der Waals surface area contributed by atoms with Gasteiger partial charge in [-0.25, -0.2) is 0 Å². The quantitative estimate of drug-likeness (QED) is 0.633. The minimum absolute atomic E-state index is 0.0504. The van der Waals surface area contributed by atoms with Gasteiger partial charge in [-0.15, -0.1) is 0 Å². The molecule has 2 aromatic rings. The van der Waals surface area contributed by atoms with E-state index >= 15 is 0 Å². The van der Waals surface area contributed by atoms with Gasteiger partial charge in [-0.05, 0) is 12.5 Å². The second-order valence-corrected chi connectivity index (χ2v) is 4.04. The molecule has 0 saturated carbocycles. The molecule has 0 spiro atoms. The lowest BCUT2D eigenvalue weighted by molar-refractivity contribution is -0.384. The molecule has 6 nitrogen and oxygen atoms in total. The molecule has 0 saturated heterocycles. The molecule has 98 valence electrons. The zero-order chi connectivity index (χ0) is 13.8. The molecule has 7 heteroatoms. The highest BCUT2D eigenvalue weighted by atomic mass is 35.5. The summed E-state index contributed by atoms with van der Waals surface area (Å²) in [6.07, 6.45) is 2.05. The van der Waals surface area contributed by atoms with Crippen molar-refractivity contribution in [1.29, 1.82) is 0 Å². The third-order valence-electron chi connectivity index (χ3n) is 2.36. The molecule has 0 bridgehead atoms. The van der Waals surface area contributed by atoms with Gasteiger partial charge >= 0.3 is 0 Å². The Morgan fingerprint density at radius 2 is 2.26 bits per heavy atom. The lowest BCUT2D eigenvalue weighted by Gasteiger charge is -2.08. The first kappa shape index (κ1) is 13.2. The highest BCUT2D eigenvalue weighted by Gasteiger charge is 2.11. The van der Waals surface area contributed by atoms with Crippen molar-refractivity contribution in [3.8, 4) is 11.6 Å². The van der Waals surface area contributed by atoms with Gasteiger partial charge < -0.3 is 4.74 Å². The summed E-state index contributed by atoms with van der Waals surface area (Å²) >= 11 is 5.76. The van der Waals surface area contributed by atoms with Crippen molar-refractivity contribution in [3.63, 3.8) is 0 Å². The summed E-state index contributed by atoms with van der Waals surface area (Å²) in [6.45, 7) is 1.90. The van der Waals surface area contributed by atoms with Crippen LogP contribution in [0.1, 0.15) is 12.6 Å². The zero-order valence-corrected chi connectivity index (χ0v) is 10.8. The fraction of sp³-hybridized carbons (Fsp3) is 0.167. The van der Waals surface area contributed by atoms with Crippen LogP contribution in [0, 0.1) is 10.1 Å². The molecule has 1 aromatic heterocycles. The molecule has 2 rings (SSSR count). The van der Waals surface area contributed by atoms with E-state index in [1.54, 1.807) is 6.07 Å². The maximum atomic E-state index is 10.7. The first-order valence-electron chi connectivity index (χ1n) is 5.54. The highest BCUT2D eigenvalue weighted by Crippen LogP contribution is 2.26. The molecule has 1 heterocycles. The zero-order valence-electron chi connectivity index (χ0n) is 10.0. The third kappa shape index (κ3) is 3.17. The Morgan fingerprint density at radius 1 is 1.47 bits per heavy atom. The molecular formula is C12H10ClN3O3. The van der Waals surface area contributed by atoms with E-state index in [1.165, 1.54) is 24.4 Å². The maximum absolute atomic E-state index is 10.7. The van der Waals surface area contributed by atoms with Crippen LogP contribution in [0.5, 0.6) is 11.6 Å². The molecule has 0 aliphatic carbocycles. The van der Waals surface area contributed by atoms with E-state index in [4.69, 9.17) is 16.3 Å². The number of non-ortho nitro benzene ring substituents is 1. The SMILES string of the molecule is CCc1ncc(Cl)nc1Oc1cccc([N+](=O)[O-])c1. The Morgan fingerprint density at radius 3 is 2.95 bits per heavy atom. The highest BCUT2D eigenvalue weighted by molar-refractivity contribution is 6.29. The van der Waals surface area contributed by atoms with Crippen molar-refractivity contribution in [1.82, 2.24) is 9.97 Å². The van der Waals surface area contributed by atoms with Crippen molar-refractivity contribution in [2.75, 3.05) is 0 Å². The molecular weight excluding hydrogens is 270 g/mol. The van der Waals surface area contributed by atoms with Crippen molar-refractivity contribution in [2.45, 2.75) is 13.3 Å². The number of rotatable bonds is 4. The van der Waals surface area contributed by atoms with Gasteiger partial charge in [0.1, 0.15) is 11.4 Å². The van der Waals surface area contributed by atoms with Crippen LogP contribution in [0.25, 0.3) is 0 Å². The number of halogens is 1. The van der Waals surface area contributed by atoms with E-state index < -0.39 is 4.92 Å². The fourth-order valence-electron chi connectivity index (χ4n) is 1.47. The van der Waals surface area contributed by atoms with Crippen LogP contribution >= 0.6 is 11.6 Å². The van der Waals surface area contributed by atoms with Crippen LogP contribution in [0.15, 0.2) is 30.5 Å². The van der Waals surface area contributed by atoms with Gasteiger partial charge in [0.25, 0.3) is 5.69 Å². The van der Waals surface area contributed by atoms with Crippen LogP contribution in [-0.2, 0) is 6.42 Å². The maximum Gasteiger partial charge on any atom is 0.273 e. The van der Waals surface area contributed by atoms with Gasteiger partial charge in [-0.3, -0.25) is 15.1 Å². The number of hydrogen-bond donors (Lipinski definition) is 0. The van der Waals surface area contributed by atoms with Gasteiger partial charge in [0.15, 0.2) is 5.15 Å². The fourth-order valence-corrected chi connectivity index (χ4v) is 1.60. The smallest absolute Gasteiger partial charge is 0.273 e. The van der Waals surface area contributed by atoms with E-state index in [0.717, 1.165) is 0 Å². The van der Waals surface area contributed by atoms with Gasteiger partial charge in [0, 0.05) is 6.07 Å². The summed E-state index contributed by atoms with van der Waals surface area (Å²) in [5.41, 5.74) is 0.585. The summed E-state index contributed by atoms with van der Waals surface area (Å²) in [7, 11) is 0. The number of nitro benzene ring substituents is 1. The van der Waals surface area contributed by atoms with E-state index in [-0.39, 0.29) is 16.7 Å². The summed E-state index contributed by atoms with van der Waals surface area (Å²) in [5.74, 6) is 0.580. The van der Waals surface area contributed by atoms with Crippen molar-refractivity contribution in [3.05, 3.63) is 51.4 Å². The number of aromatic nitrogens is 2. The number of nitro groups is 1. The van der Waals surface area contributed by atoms with Gasteiger partial charge in [0.2, 0.25) is 5.88 Å². The first-order chi connectivity index (χ1) is 9.10. The molecule has 0 aliphatic heterocycles. The van der Waals surface area contributed by atoms with Crippen LogP contribution in [0.4, 0.5) is 5.69 Å². The van der Waals surface area contributed by atoms with Gasteiger partial charge in [-0.1, -0.05) is 24.6 Å². The molecule has 1 aromatic carbocycles.